The van der Waals surface area contributed by atoms with Crippen LogP contribution in [-0.4, -0.2) is 42.5 Å². The lowest BCUT2D eigenvalue weighted by atomic mass is 9.86. The molecule has 1 aliphatic rings. The van der Waals surface area contributed by atoms with Gasteiger partial charge in [-0.05, 0) is 77.5 Å². The Kier molecular flexibility index (Phi) is 8.37. The van der Waals surface area contributed by atoms with Gasteiger partial charge < -0.3 is 24.2 Å². The lowest BCUT2D eigenvalue weighted by Gasteiger charge is -2.36. The number of fused-ring (bicyclic) bond motifs is 1. The van der Waals surface area contributed by atoms with Crippen LogP contribution in [0.5, 0.6) is 11.5 Å². The highest BCUT2D eigenvalue weighted by atomic mass is 31.2. The molecule has 0 bridgehead atoms. The Bertz CT molecular complexity index is 815. The number of phenolic OH excluding ortho intramolecular Hbond substituents is 1. The van der Waals surface area contributed by atoms with Gasteiger partial charge in [0, 0.05) is 18.5 Å². The summed E-state index contributed by atoms with van der Waals surface area (Å²) in [7, 11) is -3.04. The van der Waals surface area contributed by atoms with Gasteiger partial charge in [0.2, 0.25) is 0 Å². The molecular formula is C22H36NO6P. The van der Waals surface area contributed by atoms with Gasteiger partial charge in [0.05, 0.1) is 19.4 Å². The van der Waals surface area contributed by atoms with E-state index in [0.717, 1.165) is 22.3 Å². The Labute approximate surface area is 180 Å². The second kappa shape index (κ2) is 10.2. The van der Waals surface area contributed by atoms with Gasteiger partial charge in [0.1, 0.15) is 11.5 Å². The lowest BCUT2D eigenvalue weighted by Crippen LogP contribution is -2.51. The maximum Gasteiger partial charge on any atom is 0.330 e. The molecule has 0 saturated heterocycles. The van der Waals surface area contributed by atoms with E-state index in [2.05, 4.69) is 5.32 Å². The Hall–Kier alpha value is -1.56. The van der Waals surface area contributed by atoms with Crippen LogP contribution in [0.15, 0.2) is 0 Å². The van der Waals surface area contributed by atoms with E-state index in [1.165, 1.54) is 0 Å². The first-order valence-electron chi connectivity index (χ1n) is 10.8. The minimum atomic E-state index is -3.04. The third-order valence-corrected chi connectivity index (χ3v) is 7.96. The summed E-state index contributed by atoms with van der Waals surface area (Å²) < 4.78 is 29.2. The fraction of sp³-hybridized carbons (Fsp3) is 0.682. The van der Waals surface area contributed by atoms with E-state index in [-0.39, 0.29) is 5.91 Å². The number of amides is 1. The molecule has 0 saturated carbocycles. The molecule has 1 heterocycles. The number of hydrogen-bond donors (Lipinski definition) is 2. The normalized spacial score (nSPS) is 18.6. The number of benzene rings is 1. The number of hydrogen-bond acceptors (Lipinski definition) is 6. The zero-order valence-electron chi connectivity index (χ0n) is 19.1. The minimum Gasteiger partial charge on any atom is -0.507 e. The van der Waals surface area contributed by atoms with Gasteiger partial charge in [0.25, 0.3) is 5.91 Å². The molecule has 1 aromatic rings. The number of carbonyl (C=O) groups is 1. The molecule has 0 aliphatic carbocycles. The first-order valence-corrected chi connectivity index (χ1v) is 12.5. The predicted octanol–water partition coefficient (Wildman–Crippen LogP) is 4.56. The topological polar surface area (TPSA) is 94.1 Å². The molecule has 1 unspecified atom stereocenters. The van der Waals surface area contributed by atoms with E-state index in [1.54, 1.807) is 20.8 Å². The third kappa shape index (κ3) is 5.37. The average Bonchev–Trinajstić information content (AvgIpc) is 2.70. The second-order valence-electron chi connectivity index (χ2n) is 8.00. The number of unbranched alkanes of at least 4 members (excludes halogenated alkanes) is 1. The molecule has 2 rings (SSSR count). The quantitative estimate of drug-likeness (QED) is 0.408. The fourth-order valence-corrected chi connectivity index (χ4v) is 5.52. The smallest absolute Gasteiger partial charge is 0.330 e. The van der Waals surface area contributed by atoms with E-state index in [4.69, 9.17) is 13.8 Å². The van der Waals surface area contributed by atoms with E-state index >= 15 is 0 Å². The summed E-state index contributed by atoms with van der Waals surface area (Å²) in [6.07, 6.45) is 2.86. The summed E-state index contributed by atoms with van der Waals surface area (Å²) in [5, 5.41) is 13.3. The van der Waals surface area contributed by atoms with Crippen molar-refractivity contribution < 1.29 is 28.3 Å². The molecule has 0 aromatic heterocycles. The van der Waals surface area contributed by atoms with Crippen LogP contribution < -0.4 is 10.1 Å². The molecule has 1 aromatic carbocycles. The number of nitrogens with one attached hydrogen (secondary N) is 1. The lowest BCUT2D eigenvalue weighted by molar-refractivity contribution is -0.136. The van der Waals surface area contributed by atoms with Gasteiger partial charge in [-0.2, -0.15) is 0 Å². The molecular weight excluding hydrogens is 405 g/mol. The van der Waals surface area contributed by atoms with Gasteiger partial charge in [-0.25, -0.2) is 0 Å². The predicted molar refractivity (Wildman–Crippen MR) is 118 cm³/mol. The minimum absolute atomic E-state index is 0.159. The van der Waals surface area contributed by atoms with E-state index in [9.17, 15) is 14.5 Å². The third-order valence-electron chi connectivity index (χ3n) is 5.80. The zero-order valence-corrected chi connectivity index (χ0v) is 20.0. The van der Waals surface area contributed by atoms with Crippen molar-refractivity contribution in [1.82, 2.24) is 5.32 Å². The van der Waals surface area contributed by atoms with Crippen molar-refractivity contribution in [2.75, 3.05) is 25.9 Å². The van der Waals surface area contributed by atoms with Gasteiger partial charge in [-0.15, -0.1) is 0 Å². The van der Waals surface area contributed by atoms with Crippen LogP contribution in [0.2, 0.25) is 0 Å². The van der Waals surface area contributed by atoms with Crippen molar-refractivity contribution >= 4 is 13.5 Å². The van der Waals surface area contributed by atoms with Gasteiger partial charge in [-0.1, -0.05) is 0 Å². The van der Waals surface area contributed by atoms with E-state index in [0.29, 0.717) is 63.1 Å². The molecule has 30 heavy (non-hydrogen) atoms. The van der Waals surface area contributed by atoms with Crippen LogP contribution in [0.25, 0.3) is 0 Å². The number of phenols is 1. The van der Waals surface area contributed by atoms with Crippen molar-refractivity contribution in [3.63, 3.8) is 0 Å². The highest BCUT2D eigenvalue weighted by molar-refractivity contribution is 7.53. The maximum absolute atomic E-state index is 12.9. The van der Waals surface area contributed by atoms with Crippen molar-refractivity contribution in [2.45, 2.75) is 72.8 Å². The summed E-state index contributed by atoms with van der Waals surface area (Å²) in [5.41, 5.74) is 2.49. The molecule has 1 atom stereocenters. The Morgan fingerprint density at radius 3 is 2.37 bits per heavy atom. The standard InChI is InChI=1S/C22H36NO6P/c1-7-27-30(26,28-8-2)14-10-9-13-23-21(25)22(6)12-11-18-17(5)19(24)15(3)16(4)20(18)29-22/h24H,7-14H2,1-6H3,(H,23,25). The molecule has 0 spiro atoms. The van der Waals surface area contributed by atoms with Crippen LogP contribution in [0, 0.1) is 20.8 Å². The van der Waals surface area contributed by atoms with Crippen LogP contribution in [0.1, 0.15) is 62.3 Å². The monoisotopic (exact) mass is 441 g/mol. The molecule has 0 fully saturated rings. The first kappa shape index (κ1) is 24.7. The molecule has 0 radical (unpaired) electrons. The van der Waals surface area contributed by atoms with Gasteiger partial charge >= 0.3 is 7.60 Å². The van der Waals surface area contributed by atoms with Crippen LogP contribution >= 0.6 is 7.60 Å². The molecule has 1 amide bonds. The summed E-state index contributed by atoms with van der Waals surface area (Å²) in [6.45, 7) is 12.2. The van der Waals surface area contributed by atoms with Crippen molar-refractivity contribution in [2.24, 2.45) is 0 Å². The zero-order chi connectivity index (χ0) is 22.5. The Balaban J connectivity index is 1.93. The summed E-state index contributed by atoms with van der Waals surface area (Å²) in [4.78, 5) is 12.9. The number of carbonyl (C=O) groups excluding carboxylic acids is 1. The summed E-state index contributed by atoms with van der Waals surface area (Å²) >= 11 is 0. The van der Waals surface area contributed by atoms with Crippen molar-refractivity contribution in [3.8, 4) is 11.5 Å². The largest absolute Gasteiger partial charge is 0.507 e. The maximum atomic E-state index is 12.9. The molecule has 1 aliphatic heterocycles. The molecule has 7 nitrogen and oxygen atoms in total. The highest BCUT2D eigenvalue weighted by Gasteiger charge is 2.40. The van der Waals surface area contributed by atoms with Crippen molar-refractivity contribution in [1.29, 1.82) is 0 Å². The van der Waals surface area contributed by atoms with Gasteiger partial charge in [0.15, 0.2) is 5.60 Å². The number of aromatic hydroxyl groups is 1. The highest BCUT2D eigenvalue weighted by Crippen LogP contribution is 2.48. The number of rotatable bonds is 10. The Morgan fingerprint density at radius 2 is 1.77 bits per heavy atom. The summed E-state index contributed by atoms with van der Waals surface area (Å²) in [6, 6.07) is 0. The second-order valence-corrected chi connectivity index (χ2v) is 10.2. The molecule has 170 valence electrons. The SMILES string of the molecule is CCOP(=O)(CCCCNC(=O)C1(C)CCc2c(C)c(O)c(C)c(C)c2O1)OCC. The van der Waals surface area contributed by atoms with Gasteiger partial charge in [-0.3, -0.25) is 9.36 Å². The molecule has 2 N–H and O–H groups in total. The van der Waals surface area contributed by atoms with Crippen LogP contribution in [-0.2, 0) is 24.8 Å². The van der Waals surface area contributed by atoms with E-state index in [1.807, 2.05) is 20.8 Å². The Morgan fingerprint density at radius 1 is 1.13 bits per heavy atom. The van der Waals surface area contributed by atoms with Crippen molar-refractivity contribution in [3.05, 3.63) is 22.3 Å². The summed E-state index contributed by atoms with van der Waals surface area (Å²) in [5.74, 6) is 0.856. The number of ether oxygens (including phenoxy) is 1. The van der Waals surface area contributed by atoms with Crippen LogP contribution in [0.4, 0.5) is 0 Å². The fourth-order valence-electron chi connectivity index (χ4n) is 3.79. The van der Waals surface area contributed by atoms with E-state index < -0.39 is 13.2 Å². The average molecular weight is 442 g/mol. The van der Waals surface area contributed by atoms with Crippen LogP contribution in [0.3, 0.4) is 0 Å². The molecule has 8 heteroatoms. The first-order chi connectivity index (χ1) is 14.1.